The maximum atomic E-state index is 11.6. The van der Waals surface area contributed by atoms with Crippen LogP contribution in [0.2, 0.25) is 0 Å². The molecular formula is C22H29NO3S. The number of hydrogen-bond donors (Lipinski definition) is 1. The second-order valence-corrected chi connectivity index (χ2v) is 10.4. The molecule has 0 radical (unpaired) electrons. The SMILES string of the molecule is COC(=O)c1ccc(CC2=C(C)C3=C(/S2=N/O)C(C)(C)CCC3(C)C)cc1. The molecule has 1 unspecified atom stereocenters. The molecule has 1 aliphatic heterocycles. The smallest absolute Gasteiger partial charge is 0.337 e. The van der Waals surface area contributed by atoms with E-state index in [1.165, 1.54) is 28.1 Å². The van der Waals surface area contributed by atoms with Gasteiger partial charge in [-0.05, 0) is 70.1 Å². The molecule has 3 rings (SSSR count). The summed E-state index contributed by atoms with van der Waals surface area (Å²) >= 11 is 0. The van der Waals surface area contributed by atoms with Gasteiger partial charge < -0.3 is 4.74 Å². The third-order valence-corrected chi connectivity index (χ3v) is 8.16. The van der Waals surface area contributed by atoms with Crippen LogP contribution in [0.5, 0.6) is 0 Å². The lowest BCUT2D eigenvalue weighted by atomic mass is 9.65. The summed E-state index contributed by atoms with van der Waals surface area (Å²) in [6.07, 6.45) is 2.96. The summed E-state index contributed by atoms with van der Waals surface area (Å²) in [6.45, 7) is 11.3. The van der Waals surface area contributed by atoms with Gasteiger partial charge in [0.05, 0.1) is 12.7 Å². The number of benzene rings is 1. The summed E-state index contributed by atoms with van der Waals surface area (Å²) in [6, 6.07) is 7.50. The highest BCUT2D eigenvalue weighted by Gasteiger charge is 2.46. The van der Waals surface area contributed by atoms with E-state index >= 15 is 0 Å². The quantitative estimate of drug-likeness (QED) is 0.543. The Morgan fingerprint density at radius 2 is 1.74 bits per heavy atom. The van der Waals surface area contributed by atoms with Crippen LogP contribution in [0.25, 0.3) is 0 Å². The Kier molecular flexibility index (Phi) is 5.21. The fraction of sp³-hybridized carbons (Fsp3) is 0.500. The third-order valence-electron chi connectivity index (χ3n) is 5.93. The van der Waals surface area contributed by atoms with E-state index in [1.54, 1.807) is 12.1 Å². The number of carbonyl (C=O) groups excluding carboxylic acids is 1. The summed E-state index contributed by atoms with van der Waals surface area (Å²) in [5, 5.41) is 9.93. The van der Waals surface area contributed by atoms with Crippen molar-refractivity contribution in [2.45, 2.75) is 53.9 Å². The van der Waals surface area contributed by atoms with Gasteiger partial charge in [-0.2, -0.15) is 0 Å². The van der Waals surface area contributed by atoms with Crippen LogP contribution >= 0.6 is 0 Å². The van der Waals surface area contributed by atoms with Crippen molar-refractivity contribution >= 4 is 16.7 Å². The predicted molar refractivity (Wildman–Crippen MR) is 110 cm³/mol. The van der Waals surface area contributed by atoms with Gasteiger partial charge in [0.1, 0.15) is 0 Å². The highest BCUT2D eigenvalue weighted by atomic mass is 32.2. The molecule has 0 amide bonds. The minimum absolute atomic E-state index is 0.0396. The maximum Gasteiger partial charge on any atom is 0.337 e. The van der Waals surface area contributed by atoms with Crippen LogP contribution < -0.4 is 0 Å². The van der Waals surface area contributed by atoms with Crippen molar-refractivity contribution in [3.63, 3.8) is 0 Å². The van der Waals surface area contributed by atoms with Crippen LogP contribution in [0.3, 0.4) is 0 Å². The Bertz CT molecular complexity index is 873. The van der Waals surface area contributed by atoms with Crippen molar-refractivity contribution in [2.24, 2.45) is 15.4 Å². The van der Waals surface area contributed by atoms with Crippen molar-refractivity contribution in [2.75, 3.05) is 7.11 Å². The second-order valence-electron chi connectivity index (χ2n) is 8.75. The van der Waals surface area contributed by atoms with Crippen molar-refractivity contribution in [3.8, 4) is 0 Å². The first-order chi connectivity index (χ1) is 12.6. The minimum Gasteiger partial charge on any atom is -0.465 e. The molecule has 27 heavy (non-hydrogen) atoms. The number of rotatable bonds is 3. The number of nitrogens with zero attached hydrogens (tertiary/aromatic N) is 1. The zero-order valence-corrected chi connectivity index (χ0v) is 17.9. The fourth-order valence-electron chi connectivity index (χ4n) is 4.31. The molecule has 1 atom stereocenters. The summed E-state index contributed by atoms with van der Waals surface area (Å²) < 4.78 is 8.63. The van der Waals surface area contributed by atoms with Crippen LogP contribution in [0, 0.1) is 10.8 Å². The standard InChI is InChI=1S/C22H29NO3S/c1-14-17(13-15-7-9-16(10-8-15)20(24)26-6)27(23-25)19-18(14)21(2,3)11-12-22(19,4)5/h7-10,25H,11-13H2,1-6H3. The van der Waals surface area contributed by atoms with Gasteiger partial charge in [0.15, 0.2) is 0 Å². The van der Waals surface area contributed by atoms with Crippen LogP contribution in [0.1, 0.15) is 63.4 Å². The normalized spacial score (nSPS) is 23.6. The number of methoxy groups -OCH3 is 1. The van der Waals surface area contributed by atoms with Crippen LogP contribution in [0.15, 0.2) is 49.7 Å². The van der Waals surface area contributed by atoms with E-state index in [-0.39, 0.29) is 16.8 Å². The molecule has 1 N–H and O–H groups in total. The second kappa shape index (κ2) is 7.02. The van der Waals surface area contributed by atoms with Crippen LogP contribution in [-0.2, 0) is 21.8 Å². The van der Waals surface area contributed by atoms with Crippen molar-refractivity contribution < 1.29 is 14.7 Å². The van der Waals surface area contributed by atoms with Gasteiger partial charge in [-0.3, -0.25) is 5.21 Å². The Morgan fingerprint density at radius 1 is 1.15 bits per heavy atom. The fourth-order valence-corrected chi connectivity index (χ4v) is 6.68. The van der Waals surface area contributed by atoms with Gasteiger partial charge in [0.25, 0.3) is 0 Å². The minimum atomic E-state index is -0.603. The zero-order valence-electron chi connectivity index (χ0n) is 17.0. The summed E-state index contributed by atoms with van der Waals surface area (Å²) in [4.78, 5) is 14.1. The van der Waals surface area contributed by atoms with Crippen LogP contribution in [0.4, 0.5) is 0 Å². The average molecular weight is 388 g/mol. The maximum absolute atomic E-state index is 11.6. The molecule has 1 aromatic rings. The lowest BCUT2D eigenvalue weighted by Crippen LogP contribution is -2.30. The number of ether oxygens (including phenoxy) is 1. The largest absolute Gasteiger partial charge is 0.465 e. The lowest BCUT2D eigenvalue weighted by molar-refractivity contribution is 0.0600. The van der Waals surface area contributed by atoms with Gasteiger partial charge >= 0.3 is 5.97 Å². The molecule has 2 aliphatic rings. The van der Waals surface area contributed by atoms with E-state index in [4.69, 9.17) is 4.74 Å². The number of allylic oxidation sites excluding steroid dienone is 4. The molecule has 4 nitrogen and oxygen atoms in total. The number of carbonyl (C=O) groups is 1. The van der Waals surface area contributed by atoms with Gasteiger partial charge in [0.2, 0.25) is 0 Å². The molecular weight excluding hydrogens is 358 g/mol. The molecule has 0 saturated heterocycles. The molecule has 0 spiro atoms. The van der Waals surface area contributed by atoms with E-state index < -0.39 is 10.7 Å². The summed E-state index contributed by atoms with van der Waals surface area (Å²) in [5.74, 6) is -0.330. The predicted octanol–water partition coefficient (Wildman–Crippen LogP) is 5.59. The Hall–Kier alpha value is -1.72. The Balaban J connectivity index is 2.00. The van der Waals surface area contributed by atoms with Gasteiger partial charge in [-0.1, -0.05) is 39.8 Å². The highest BCUT2D eigenvalue weighted by molar-refractivity contribution is 7.95. The monoisotopic (exact) mass is 387 g/mol. The molecule has 1 aliphatic carbocycles. The number of esters is 1. The van der Waals surface area contributed by atoms with E-state index in [2.05, 4.69) is 39.1 Å². The van der Waals surface area contributed by atoms with E-state index in [9.17, 15) is 10.0 Å². The van der Waals surface area contributed by atoms with Crippen molar-refractivity contribution in [3.05, 3.63) is 56.3 Å². The first-order valence-electron chi connectivity index (χ1n) is 9.34. The van der Waals surface area contributed by atoms with Gasteiger partial charge in [-0.15, -0.1) is 4.53 Å². The molecule has 0 fully saturated rings. The summed E-state index contributed by atoms with van der Waals surface area (Å²) in [7, 11) is 0.783. The highest BCUT2D eigenvalue weighted by Crippen LogP contribution is 2.57. The van der Waals surface area contributed by atoms with Crippen molar-refractivity contribution in [1.29, 1.82) is 0 Å². The van der Waals surface area contributed by atoms with E-state index in [1.807, 2.05) is 12.1 Å². The molecule has 1 aromatic carbocycles. The molecule has 146 valence electrons. The van der Waals surface area contributed by atoms with Gasteiger partial charge in [0, 0.05) is 16.2 Å². The Morgan fingerprint density at radius 3 is 2.30 bits per heavy atom. The van der Waals surface area contributed by atoms with E-state index in [0.29, 0.717) is 5.56 Å². The lowest BCUT2D eigenvalue weighted by Gasteiger charge is -2.41. The molecule has 5 heteroatoms. The first-order valence-corrected chi connectivity index (χ1v) is 10.5. The molecule has 0 aromatic heterocycles. The average Bonchev–Trinajstić information content (AvgIpc) is 2.93. The zero-order chi connectivity index (χ0) is 20.0. The molecule has 0 saturated carbocycles. The number of hydrogen-bond acceptors (Lipinski definition) is 3. The first kappa shape index (κ1) is 20.0. The third kappa shape index (κ3) is 3.43. The molecule has 0 bridgehead atoms. The van der Waals surface area contributed by atoms with Crippen molar-refractivity contribution in [1.82, 2.24) is 0 Å². The van der Waals surface area contributed by atoms with Crippen LogP contribution in [-0.4, -0.2) is 18.3 Å². The Labute approximate surface area is 164 Å². The van der Waals surface area contributed by atoms with E-state index in [0.717, 1.165) is 24.8 Å². The van der Waals surface area contributed by atoms with Gasteiger partial charge in [-0.25, -0.2) is 4.79 Å². The molecule has 1 heterocycles. The topological polar surface area (TPSA) is 58.9 Å². The summed E-state index contributed by atoms with van der Waals surface area (Å²) in [5.41, 5.74) is 4.46.